The number of hydrogen-bond donors (Lipinski definition) is 0. The molecule has 7 nitrogen and oxygen atoms in total. The molecule has 0 N–H and O–H groups in total. The van der Waals surface area contributed by atoms with Crippen LogP contribution in [-0.4, -0.2) is 61.6 Å². The number of carbonyl (C=O) groups excluding carboxylic acids is 4. The van der Waals surface area contributed by atoms with Crippen LogP contribution in [0.5, 0.6) is 0 Å². The van der Waals surface area contributed by atoms with Gasteiger partial charge in [0.25, 0.3) is 17.7 Å². The van der Waals surface area contributed by atoms with Crippen molar-refractivity contribution in [1.29, 1.82) is 0 Å². The Morgan fingerprint density at radius 3 is 2.12 bits per heavy atom. The number of halogens is 1. The number of alkyl halides is 1. The van der Waals surface area contributed by atoms with Gasteiger partial charge in [-0.2, -0.15) is 0 Å². The monoisotopic (exact) mass is 588 g/mol. The fourth-order valence-electron chi connectivity index (χ4n) is 5.96. The summed E-state index contributed by atoms with van der Waals surface area (Å²) in [7, 11) is 0. The van der Waals surface area contributed by atoms with Crippen molar-refractivity contribution >= 4 is 47.1 Å². The van der Waals surface area contributed by atoms with Crippen molar-refractivity contribution in [2.45, 2.75) is 55.1 Å². The summed E-state index contributed by atoms with van der Waals surface area (Å²) < 4.78 is 6.12. The van der Waals surface area contributed by atoms with E-state index in [1.54, 1.807) is 19.1 Å². The lowest BCUT2D eigenvalue weighted by Crippen LogP contribution is -2.78. The van der Waals surface area contributed by atoms with Gasteiger partial charge in [-0.05, 0) is 35.6 Å². The third-order valence-corrected chi connectivity index (χ3v) is 10.1. The molecule has 0 saturated carbocycles. The van der Waals surface area contributed by atoms with E-state index in [-0.39, 0.29) is 5.92 Å². The lowest BCUT2D eigenvalue weighted by atomic mass is 9.92. The first-order chi connectivity index (χ1) is 19.6. The minimum atomic E-state index is -1.12. The summed E-state index contributed by atoms with van der Waals surface area (Å²) in [6.07, 6.45) is -0.705. The smallest absolute Gasteiger partial charge is 0.331 e. The summed E-state index contributed by atoms with van der Waals surface area (Å²) in [6.45, 7) is 5.62. The zero-order valence-corrected chi connectivity index (χ0v) is 24.4. The normalized spacial score (nSPS) is 25.3. The van der Waals surface area contributed by atoms with Crippen molar-refractivity contribution in [1.82, 2.24) is 9.80 Å². The number of amides is 3. The summed E-state index contributed by atoms with van der Waals surface area (Å²) >= 11 is 8.26. The van der Waals surface area contributed by atoms with Crippen molar-refractivity contribution in [3.8, 4) is 0 Å². The molecule has 0 aliphatic carbocycles. The van der Waals surface area contributed by atoms with E-state index >= 15 is 0 Å². The zero-order chi connectivity index (χ0) is 29.1. The number of carbonyl (C=O) groups is 4. The number of nitrogens with zero attached hydrogens (tertiary/aromatic N) is 2. The van der Waals surface area contributed by atoms with Crippen LogP contribution in [0.25, 0.3) is 0 Å². The first-order valence-corrected chi connectivity index (χ1v) is 15.0. The minimum Gasteiger partial charge on any atom is -0.451 e. The molecule has 41 heavy (non-hydrogen) atoms. The van der Waals surface area contributed by atoms with E-state index in [1.165, 1.54) is 16.7 Å². The van der Waals surface area contributed by atoms with E-state index in [9.17, 15) is 19.2 Å². The SMILES string of the molecule is CC(C)c1cccc2c1C(=O)N(C1C(=O)N3C(C(=O)OC(c4ccccc4)c4ccccc4)[C@](C)(Cl)CS[C@@H]13)C2=O. The average Bonchev–Trinajstić information content (AvgIpc) is 3.21. The fraction of sp³-hybridized carbons (Fsp3) is 0.312. The van der Waals surface area contributed by atoms with Gasteiger partial charge in [0.15, 0.2) is 12.1 Å². The number of esters is 1. The van der Waals surface area contributed by atoms with Gasteiger partial charge in [0, 0.05) is 5.75 Å². The fourth-order valence-corrected chi connectivity index (χ4v) is 7.80. The van der Waals surface area contributed by atoms with Gasteiger partial charge in [0.05, 0.1) is 16.0 Å². The van der Waals surface area contributed by atoms with Crippen LogP contribution in [-0.2, 0) is 14.3 Å². The first kappa shape index (κ1) is 27.5. The maximum Gasteiger partial charge on any atom is 0.331 e. The molecule has 210 valence electrons. The molecular formula is C32H29ClN2O5S. The van der Waals surface area contributed by atoms with Gasteiger partial charge in [-0.15, -0.1) is 23.4 Å². The third kappa shape index (κ3) is 4.44. The zero-order valence-electron chi connectivity index (χ0n) is 22.8. The molecular weight excluding hydrogens is 560 g/mol. The quantitative estimate of drug-likeness (QED) is 0.166. The Labute approximate surface area is 247 Å². The Bertz CT molecular complexity index is 1500. The van der Waals surface area contributed by atoms with Crippen molar-refractivity contribution in [2.24, 2.45) is 0 Å². The number of β-lactam (4-membered cyclic amide) rings is 1. The van der Waals surface area contributed by atoms with Gasteiger partial charge in [0.1, 0.15) is 11.4 Å². The molecule has 3 aliphatic heterocycles. The highest BCUT2D eigenvalue weighted by Crippen LogP contribution is 2.48. The topological polar surface area (TPSA) is 84.0 Å². The summed E-state index contributed by atoms with van der Waals surface area (Å²) in [5.74, 6) is -1.75. The Kier molecular flexibility index (Phi) is 6.94. The predicted molar refractivity (Wildman–Crippen MR) is 157 cm³/mol. The van der Waals surface area contributed by atoms with E-state index < -0.39 is 52.1 Å². The second kappa shape index (κ2) is 10.3. The van der Waals surface area contributed by atoms with E-state index in [0.29, 0.717) is 16.9 Å². The number of benzene rings is 3. The van der Waals surface area contributed by atoms with Gasteiger partial charge in [-0.1, -0.05) is 86.6 Å². The molecule has 2 fully saturated rings. The molecule has 2 saturated heterocycles. The van der Waals surface area contributed by atoms with Crippen LogP contribution in [0, 0.1) is 0 Å². The highest BCUT2D eigenvalue weighted by atomic mass is 35.5. The van der Waals surface area contributed by atoms with E-state index in [1.807, 2.05) is 80.6 Å². The highest BCUT2D eigenvalue weighted by molar-refractivity contribution is 8.00. The lowest BCUT2D eigenvalue weighted by molar-refractivity contribution is -0.171. The molecule has 2 unspecified atom stereocenters. The molecule has 3 heterocycles. The van der Waals surface area contributed by atoms with Crippen molar-refractivity contribution in [2.75, 3.05) is 5.75 Å². The Hall–Kier alpha value is -3.62. The number of rotatable bonds is 6. The van der Waals surface area contributed by atoms with E-state index in [0.717, 1.165) is 21.6 Å². The first-order valence-electron chi connectivity index (χ1n) is 13.6. The van der Waals surface area contributed by atoms with Crippen LogP contribution in [0.4, 0.5) is 0 Å². The van der Waals surface area contributed by atoms with Crippen molar-refractivity contribution in [3.63, 3.8) is 0 Å². The van der Waals surface area contributed by atoms with Gasteiger partial charge in [0.2, 0.25) is 0 Å². The van der Waals surface area contributed by atoms with Gasteiger partial charge >= 0.3 is 5.97 Å². The Balaban J connectivity index is 1.29. The number of hydrogen-bond acceptors (Lipinski definition) is 6. The lowest BCUT2D eigenvalue weighted by Gasteiger charge is -2.57. The molecule has 4 atom stereocenters. The molecule has 0 bridgehead atoms. The van der Waals surface area contributed by atoms with Crippen LogP contribution >= 0.6 is 23.4 Å². The molecule has 3 aromatic carbocycles. The summed E-state index contributed by atoms with van der Waals surface area (Å²) in [4.78, 5) is 56.1. The Morgan fingerprint density at radius 2 is 1.54 bits per heavy atom. The van der Waals surface area contributed by atoms with Gasteiger partial charge in [-0.3, -0.25) is 19.3 Å². The maximum atomic E-state index is 13.9. The number of fused-ring (bicyclic) bond motifs is 2. The third-order valence-electron chi connectivity index (χ3n) is 7.98. The molecule has 0 radical (unpaired) electrons. The van der Waals surface area contributed by atoms with Crippen molar-refractivity contribution < 1.29 is 23.9 Å². The van der Waals surface area contributed by atoms with Crippen LogP contribution in [0.2, 0.25) is 0 Å². The second-order valence-electron chi connectivity index (χ2n) is 11.1. The summed E-state index contributed by atoms with van der Waals surface area (Å²) in [6, 6.07) is 21.9. The number of ether oxygens (including phenoxy) is 1. The largest absolute Gasteiger partial charge is 0.451 e. The molecule has 6 rings (SSSR count). The average molecular weight is 589 g/mol. The molecule has 3 aromatic rings. The highest BCUT2D eigenvalue weighted by Gasteiger charge is 2.65. The molecule has 9 heteroatoms. The minimum absolute atomic E-state index is 0.0255. The molecule has 0 spiro atoms. The van der Waals surface area contributed by atoms with Crippen LogP contribution < -0.4 is 0 Å². The second-order valence-corrected chi connectivity index (χ2v) is 13.1. The predicted octanol–water partition coefficient (Wildman–Crippen LogP) is 5.39. The summed E-state index contributed by atoms with van der Waals surface area (Å²) in [5.41, 5.74) is 2.99. The van der Waals surface area contributed by atoms with E-state index in [2.05, 4.69) is 0 Å². The van der Waals surface area contributed by atoms with Gasteiger partial charge < -0.3 is 9.64 Å². The van der Waals surface area contributed by atoms with Crippen LogP contribution in [0.3, 0.4) is 0 Å². The van der Waals surface area contributed by atoms with E-state index in [4.69, 9.17) is 16.3 Å². The molecule has 3 amide bonds. The Morgan fingerprint density at radius 1 is 0.927 bits per heavy atom. The molecule has 3 aliphatic rings. The van der Waals surface area contributed by atoms with Crippen LogP contribution in [0.1, 0.15) is 70.2 Å². The number of imide groups is 1. The van der Waals surface area contributed by atoms with Crippen LogP contribution in [0.15, 0.2) is 78.9 Å². The number of thioether (sulfide) groups is 1. The van der Waals surface area contributed by atoms with Gasteiger partial charge in [-0.25, -0.2) is 4.79 Å². The maximum absolute atomic E-state index is 13.9. The summed E-state index contributed by atoms with van der Waals surface area (Å²) in [5, 5.41) is -0.608. The van der Waals surface area contributed by atoms with Crippen molar-refractivity contribution in [3.05, 3.63) is 107 Å². The standard InChI is InChI=1S/C32H29ClN2O5S/c1-18(2)21-15-10-16-22-23(21)28(37)34(27(22)36)24-29(38)35-26(32(3,33)17-41-30(24)35)31(39)40-25(19-11-6-4-7-12-19)20-13-8-5-9-14-20/h4-16,18,24-26,30H,17H2,1-3H3/t24?,26?,30-,32+/m0/s1. The molecule has 0 aromatic heterocycles.